The molecule has 0 saturated heterocycles. The molecule has 0 saturated carbocycles. The summed E-state index contributed by atoms with van der Waals surface area (Å²) in [5, 5.41) is 5.80. The molecular formula is C17H13F3N4O3. The zero-order chi connectivity index (χ0) is 19.4. The number of ether oxygens (including phenoxy) is 1. The molecule has 27 heavy (non-hydrogen) atoms. The molecule has 140 valence electrons. The van der Waals surface area contributed by atoms with Crippen molar-refractivity contribution in [2.45, 2.75) is 19.7 Å². The van der Waals surface area contributed by atoms with Gasteiger partial charge in [-0.2, -0.15) is 18.2 Å². The van der Waals surface area contributed by atoms with Crippen LogP contribution in [0.25, 0.3) is 11.4 Å². The number of halogens is 3. The van der Waals surface area contributed by atoms with E-state index in [9.17, 15) is 18.0 Å². The Morgan fingerprint density at radius 3 is 2.59 bits per heavy atom. The number of hydrogen-bond donors (Lipinski definition) is 1. The monoisotopic (exact) mass is 378 g/mol. The highest BCUT2D eigenvalue weighted by atomic mass is 19.4. The Labute approximate surface area is 151 Å². The maximum absolute atomic E-state index is 12.5. The third-order valence-corrected chi connectivity index (χ3v) is 3.53. The van der Waals surface area contributed by atoms with Crippen LogP contribution in [0.15, 0.2) is 47.1 Å². The first kappa shape index (κ1) is 18.4. The molecule has 0 aliphatic carbocycles. The number of hydrogen-bond acceptors (Lipinski definition) is 6. The molecule has 1 N–H and O–H groups in total. The molecule has 10 heteroatoms. The number of alkyl halides is 3. The van der Waals surface area contributed by atoms with Crippen molar-refractivity contribution >= 4 is 11.8 Å². The fourth-order valence-corrected chi connectivity index (χ4v) is 2.13. The number of anilines is 1. The van der Waals surface area contributed by atoms with Crippen LogP contribution < -0.4 is 5.32 Å². The third kappa shape index (κ3) is 4.60. The molecule has 2 aromatic heterocycles. The van der Waals surface area contributed by atoms with E-state index >= 15 is 0 Å². The van der Waals surface area contributed by atoms with E-state index in [1.807, 2.05) is 0 Å². The predicted octanol–water partition coefficient (Wildman–Crippen LogP) is 4.21. The number of rotatable bonds is 4. The van der Waals surface area contributed by atoms with Crippen LogP contribution in [0.3, 0.4) is 0 Å². The minimum absolute atomic E-state index is 0.0622. The smallest absolute Gasteiger partial charge is 0.444 e. The van der Waals surface area contributed by atoms with Crippen LogP contribution >= 0.6 is 0 Å². The first-order valence-corrected chi connectivity index (χ1v) is 7.68. The van der Waals surface area contributed by atoms with Gasteiger partial charge in [-0.1, -0.05) is 11.2 Å². The molecule has 0 radical (unpaired) electrons. The van der Waals surface area contributed by atoms with Gasteiger partial charge in [-0.05, 0) is 37.3 Å². The molecule has 0 aliphatic heterocycles. The van der Waals surface area contributed by atoms with Gasteiger partial charge >= 0.3 is 18.2 Å². The van der Waals surface area contributed by atoms with Gasteiger partial charge in [0, 0.05) is 28.7 Å². The van der Waals surface area contributed by atoms with Gasteiger partial charge in [0.2, 0.25) is 5.82 Å². The molecule has 3 rings (SSSR count). The third-order valence-electron chi connectivity index (χ3n) is 3.53. The van der Waals surface area contributed by atoms with E-state index in [0.717, 1.165) is 11.3 Å². The van der Waals surface area contributed by atoms with Gasteiger partial charge < -0.3 is 9.26 Å². The number of carbonyl (C=O) groups excluding carboxylic acids is 1. The predicted molar refractivity (Wildman–Crippen MR) is 87.5 cm³/mol. The highest BCUT2D eigenvalue weighted by molar-refractivity contribution is 5.84. The van der Waals surface area contributed by atoms with E-state index in [0.29, 0.717) is 11.3 Å². The molecule has 1 aromatic carbocycles. The van der Waals surface area contributed by atoms with Crippen molar-refractivity contribution in [2.75, 3.05) is 5.32 Å². The number of pyridine rings is 1. The molecule has 0 atom stereocenters. The van der Waals surface area contributed by atoms with Crippen molar-refractivity contribution < 1.29 is 27.2 Å². The normalized spacial score (nSPS) is 11.3. The quantitative estimate of drug-likeness (QED) is 0.732. The Morgan fingerprint density at radius 1 is 1.22 bits per heavy atom. The van der Waals surface area contributed by atoms with Crippen LogP contribution in [-0.2, 0) is 17.5 Å². The zero-order valence-corrected chi connectivity index (χ0v) is 13.9. The Hall–Kier alpha value is -3.43. The average molecular weight is 378 g/mol. The summed E-state index contributed by atoms with van der Waals surface area (Å²) in [7, 11) is 0. The summed E-state index contributed by atoms with van der Waals surface area (Å²) < 4.78 is 46.7. The Morgan fingerprint density at radius 2 is 1.96 bits per heavy atom. The van der Waals surface area contributed by atoms with E-state index in [4.69, 9.17) is 4.74 Å². The number of nitrogens with one attached hydrogen (secondary N) is 1. The molecule has 0 bridgehead atoms. The van der Waals surface area contributed by atoms with Crippen LogP contribution in [-0.4, -0.2) is 21.2 Å². The fraction of sp³-hybridized carbons (Fsp3) is 0.176. The van der Waals surface area contributed by atoms with Crippen LogP contribution in [0, 0.1) is 6.92 Å². The molecule has 0 spiro atoms. The molecule has 0 aliphatic rings. The Kier molecular flexibility index (Phi) is 5.06. The lowest BCUT2D eigenvalue weighted by molar-refractivity contribution is -0.159. The standard InChI is InChI=1S/C17H13F3N4O3/c1-10-12(3-2-8-21-10)9-26-16(25)22-13-6-4-11(5-7-13)14-23-15(27-24-14)17(18,19)20/h2-8H,9H2,1H3,(H,22,25). The highest BCUT2D eigenvalue weighted by Crippen LogP contribution is 2.29. The molecule has 3 aromatic rings. The van der Waals surface area contributed by atoms with Crippen LogP contribution in [0.5, 0.6) is 0 Å². The maximum Gasteiger partial charge on any atom is 0.471 e. The van der Waals surface area contributed by atoms with Crippen molar-refractivity contribution in [3.05, 3.63) is 59.7 Å². The SMILES string of the molecule is Cc1ncccc1COC(=O)Nc1ccc(-c2noc(C(F)(F)F)n2)cc1. The van der Waals surface area contributed by atoms with E-state index in [2.05, 4.69) is 25.0 Å². The second-order valence-corrected chi connectivity index (χ2v) is 5.45. The van der Waals surface area contributed by atoms with Gasteiger partial charge in [-0.25, -0.2) is 4.79 Å². The largest absolute Gasteiger partial charge is 0.471 e. The van der Waals surface area contributed by atoms with Gasteiger partial charge in [-0.15, -0.1) is 0 Å². The summed E-state index contributed by atoms with van der Waals surface area (Å²) in [4.78, 5) is 19.2. The summed E-state index contributed by atoms with van der Waals surface area (Å²) in [5.74, 6) is -1.63. The summed E-state index contributed by atoms with van der Waals surface area (Å²) in [6.45, 7) is 1.87. The van der Waals surface area contributed by atoms with Crippen molar-refractivity contribution in [1.82, 2.24) is 15.1 Å². The molecule has 1 amide bonds. The molecule has 0 unspecified atom stereocenters. The van der Waals surface area contributed by atoms with E-state index < -0.39 is 18.2 Å². The molecule has 2 heterocycles. The van der Waals surface area contributed by atoms with Crippen LogP contribution in [0.1, 0.15) is 17.1 Å². The van der Waals surface area contributed by atoms with Crippen molar-refractivity contribution in [3.63, 3.8) is 0 Å². The van der Waals surface area contributed by atoms with Gasteiger partial charge in [0.05, 0.1) is 0 Å². The summed E-state index contributed by atoms with van der Waals surface area (Å²) in [6.07, 6.45) is -3.74. The van der Waals surface area contributed by atoms with E-state index in [1.54, 1.807) is 25.3 Å². The lowest BCUT2D eigenvalue weighted by Crippen LogP contribution is -2.14. The van der Waals surface area contributed by atoms with E-state index in [1.165, 1.54) is 24.3 Å². The molecular weight excluding hydrogens is 365 g/mol. The highest BCUT2D eigenvalue weighted by Gasteiger charge is 2.38. The van der Waals surface area contributed by atoms with E-state index in [-0.39, 0.29) is 12.4 Å². The second kappa shape index (κ2) is 7.44. The van der Waals surface area contributed by atoms with Crippen molar-refractivity contribution in [2.24, 2.45) is 0 Å². The lowest BCUT2D eigenvalue weighted by atomic mass is 10.2. The molecule has 7 nitrogen and oxygen atoms in total. The fourth-order valence-electron chi connectivity index (χ4n) is 2.13. The first-order chi connectivity index (χ1) is 12.8. The van der Waals surface area contributed by atoms with Gasteiger partial charge in [0.25, 0.3) is 0 Å². The van der Waals surface area contributed by atoms with Crippen molar-refractivity contribution in [1.29, 1.82) is 0 Å². The number of nitrogens with zero attached hydrogens (tertiary/aromatic N) is 3. The van der Waals surface area contributed by atoms with Crippen LogP contribution in [0.2, 0.25) is 0 Å². The zero-order valence-electron chi connectivity index (χ0n) is 13.9. The second-order valence-electron chi connectivity index (χ2n) is 5.45. The molecule has 0 fully saturated rings. The summed E-state index contributed by atoms with van der Waals surface area (Å²) in [5.41, 5.74) is 2.24. The lowest BCUT2D eigenvalue weighted by Gasteiger charge is -2.08. The Balaban J connectivity index is 1.59. The van der Waals surface area contributed by atoms with Gasteiger partial charge in [0.15, 0.2) is 0 Å². The number of amides is 1. The Bertz CT molecular complexity index is 939. The average Bonchev–Trinajstić information content (AvgIpc) is 3.12. The minimum atomic E-state index is -4.71. The topological polar surface area (TPSA) is 90.1 Å². The van der Waals surface area contributed by atoms with Gasteiger partial charge in [0.1, 0.15) is 6.61 Å². The first-order valence-electron chi connectivity index (χ1n) is 7.68. The number of benzene rings is 1. The maximum atomic E-state index is 12.5. The summed E-state index contributed by atoms with van der Waals surface area (Å²) >= 11 is 0. The number of aromatic nitrogens is 3. The minimum Gasteiger partial charge on any atom is -0.444 e. The van der Waals surface area contributed by atoms with Crippen molar-refractivity contribution in [3.8, 4) is 11.4 Å². The van der Waals surface area contributed by atoms with Crippen LogP contribution in [0.4, 0.5) is 23.7 Å². The number of carbonyl (C=O) groups is 1. The van der Waals surface area contributed by atoms with Gasteiger partial charge in [-0.3, -0.25) is 10.3 Å². The number of aryl methyl sites for hydroxylation is 1. The summed E-state index contributed by atoms with van der Waals surface area (Å²) in [6, 6.07) is 9.40.